The fourth-order valence-corrected chi connectivity index (χ4v) is 2.45. The number of hydrogen-bond acceptors (Lipinski definition) is 3. The minimum Gasteiger partial charge on any atom is -0.484 e. The molecular weight excluding hydrogens is 242 g/mol. The van der Waals surface area contributed by atoms with E-state index in [-0.39, 0.29) is 19.1 Å². The highest BCUT2D eigenvalue weighted by atomic mass is 16.5. The Labute approximate surface area is 114 Å². The fraction of sp³-hybridized carbons (Fsp3) is 0.533. The summed E-state index contributed by atoms with van der Waals surface area (Å²) in [5, 5.41) is 8.87. The van der Waals surface area contributed by atoms with Gasteiger partial charge in [0.1, 0.15) is 5.75 Å². The van der Waals surface area contributed by atoms with Crippen LogP contribution in [0.5, 0.6) is 5.75 Å². The highest BCUT2D eigenvalue weighted by Crippen LogP contribution is 2.25. The van der Waals surface area contributed by atoms with Gasteiger partial charge in [0.15, 0.2) is 6.61 Å². The van der Waals surface area contributed by atoms with E-state index in [1.807, 2.05) is 19.1 Å². The third kappa shape index (κ3) is 3.47. The number of hydrogen-bond donors (Lipinski definition) is 1. The Morgan fingerprint density at radius 3 is 2.89 bits per heavy atom. The Bertz CT molecular complexity index is 445. The molecule has 4 heteroatoms. The number of fused-ring (bicyclic) bond motifs is 1. The Balaban J connectivity index is 1.89. The van der Waals surface area contributed by atoms with Crippen molar-refractivity contribution in [3.05, 3.63) is 29.3 Å². The summed E-state index contributed by atoms with van der Waals surface area (Å²) in [7, 11) is 0. The van der Waals surface area contributed by atoms with E-state index in [0.717, 1.165) is 18.6 Å². The summed E-state index contributed by atoms with van der Waals surface area (Å²) in [6.45, 7) is 2.86. The van der Waals surface area contributed by atoms with Crippen molar-refractivity contribution in [1.29, 1.82) is 0 Å². The van der Waals surface area contributed by atoms with Gasteiger partial charge in [0.05, 0.1) is 6.61 Å². The number of carbonyl (C=O) groups excluding carboxylic acids is 1. The van der Waals surface area contributed by atoms with Crippen LogP contribution in [0.4, 0.5) is 0 Å². The molecule has 0 saturated heterocycles. The van der Waals surface area contributed by atoms with E-state index in [0.29, 0.717) is 13.1 Å². The van der Waals surface area contributed by atoms with Gasteiger partial charge in [0.2, 0.25) is 0 Å². The van der Waals surface area contributed by atoms with Crippen LogP contribution in [0.25, 0.3) is 0 Å². The zero-order chi connectivity index (χ0) is 13.7. The molecule has 0 aliphatic heterocycles. The third-order valence-electron chi connectivity index (χ3n) is 3.54. The number of likely N-dealkylation sites (N-methyl/N-ethyl adjacent to an activating group) is 1. The normalized spacial score (nSPS) is 13.2. The smallest absolute Gasteiger partial charge is 0.260 e. The van der Waals surface area contributed by atoms with E-state index in [2.05, 4.69) is 6.07 Å². The highest BCUT2D eigenvalue weighted by Gasteiger charge is 2.14. The molecule has 0 aromatic heterocycles. The standard InChI is InChI=1S/C15H21NO3/c1-2-16(8-9-17)15(18)11-19-14-7-6-12-4-3-5-13(12)10-14/h6-7,10,17H,2-5,8-9,11H2,1H3. The summed E-state index contributed by atoms with van der Waals surface area (Å²) in [5.74, 6) is 0.672. The number of carbonyl (C=O) groups is 1. The third-order valence-corrected chi connectivity index (χ3v) is 3.54. The molecule has 1 amide bonds. The molecule has 0 saturated carbocycles. The van der Waals surface area contributed by atoms with Crippen LogP contribution in [0.2, 0.25) is 0 Å². The molecule has 0 bridgehead atoms. The van der Waals surface area contributed by atoms with Crippen molar-refractivity contribution in [3.8, 4) is 5.75 Å². The van der Waals surface area contributed by atoms with Gasteiger partial charge in [-0.2, -0.15) is 0 Å². The van der Waals surface area contributed by atoms with Gasteiger partial charge in [-0.15, -0.1) is 0 Å². The molecule has 4 nitrogen and oxygen atoms in total. The second-order valence-electron chi connectivity index (χ2n) is 4.77. The molecule has 0 radical (unpaired) electrons. The molecule has 104 valence electrons. The molecule has 1 aromatic carbocycles. The molecule has 1 aliphatic carbocycles. The summed E-state index contributed by atoms with van der Waals surface area (Å²) >= 11 is 0. The second-order valence-corrected chi connectivity index (χ2v) is 4.77. The van der Waals surface area contributed by atoms with Crippen molar-refractivity contribution >= 4 is 5.91 Å². The molecule has 0 heterocycles. The predicted molar refractivity (Wildman–Crippen MR) is 73.3 cm³/mol. The van der Waals surface area contributed by atoms with E-state index < -0.39 is 0 Å². The quantitative estimate of drug-likeness (QED) is 0.844. The SMILES string of the molecule is CCN(CCO)C(=O)COc1ccc2c(c1)CCC2. The first-order valence-corrected chi connectivity index (χ1v) is 6.88. The molecule has 1 aromatic rings. The van der Waals surface area contributed by atoms with E-state index in [9.17, 15) is 4.79 Å². The topological polar surface area (TPSA) is 49.8 Å². The molecule has 1 N–H and O–H groups in total. The molecule has 0 unspecified atom stereocenters. The first kappa shape index (κ1) is 13.9. The Hall–Kier alpha value is -1.55. The number of nitrogens with zero attached hydrogens (tertiary/aromatic N) is 1. The number of benzene rings is 1. The van der Waals surface area contributed by atoms with Gasteiger partial charge in [-0.25, -0.2) is 0 Å². The Morgan fingerprint density at radius 2 is 2.16 bits per heavy atom. The molecule has 0 atom stereocenters. The predicted octanol–water partition coefficient (Wildman–Crippen LogP) is 1.39. The zero-order valence-corrected chi connectivity index (χ0v) is 11.4. The van der Waals surface area contributed by atoms with Crippen LogP contribution in [0.15, 0.2) is 18.2 Å². The van der Waals surface area contributed by atoms with Crippen molar-refractivity contribution in [3.63, 3.8) is 0 Å². The Kier molecular flexibility index (Phi) is 4.80. The lowest BCUT2D eigenvalue weighted by atomic mass is 10.1. The lowest BCUT2D eigenvalue weighted by Gasteiger charge is -2.19. The van der Waals surface area contributed by atoms with Crippen molar-refractivity contribution in [1.82, 2.24) is 4.90 Å². The maximum absolute atomic E-state index is 11.9. The number of aliphatic hydroxyl groups excluding tert-OH is 1. The second kappa shape index (κ2) is 6.57. The van der Waals surface area contributed by atoms with Gasteiger partial charge in [0, 0.05) is 13.1 Å². The van der Waals surface area contributed by atoms with Gasteiger partial charge < -0.3 is 14.7 Å². The molecule has 0 fully saturated rings. The van der Waals surface area contributed by atoms with Crippen LogP contribution in [0.1, 0.15) is 24.5 Å². The summed E-state index contributed by atoms with van der Waals surface area (Å²) < 4.78 is 5.55. The largest absolute Gasteiger partial charge is 0.484 e. The first-order valence-electron chi connectivity index (χ1n) is 6.88. The number of amides is 1. The van der Waals surface area contributed by atoms with Crippen LogP contribution in [0, 0.1) is 0 Å². The Morgan fingerprint density at radius 1 is 1.37 bits per heavy atom. The van der Waals surface area contributed by atoms with Crippen molar-refractivity contribution in [2.45, 2.75) is 26.2 Å². The summed E-state index contributed by atoms with van der Waals surface area (Å²) in [4.78, 5) is 13.5. The lowest BCUT2D eigenvalue weighted by molar-refractivity contribution is -0.133. The van der Waals surface area contributed by atoms with Crippen LogP contribution < -0.4 is 4.74 Å². The van der Waals surface area contributed by atoms with E-state index >= 15 is 0 Å². The van der Waals surface area contributed by atoms with Crippen molar-refractivity contribution in [2.75, 3.05) is 26.3 Å². The van der Waals surface area contributed by atoms with E-state index in [4.69, 9.17) is 9.84 Å². The lowest BCUT2D eigenvalue weighted by Crippen LogP contribution is -2.36. The zero-order valence-electron chi connectivity index (χ0n) is 11.4. The maximum Gasteiger partial charge on any atom is 0.260 e. The molecule has 2 rings (SSSR count). The summed E-state index contributed by atoms with van der Waals surface area (Å²) in [6, 6.07) is 6.06. The van der Waals surface area contributed by atoms with Gasteiger partial charge in [0.25, 0.3) is 5.91 Å². The number of rotatable bonds is 6. The molecule has 19 heavy (non-hydrogen) atoms. The first-order chi connectivity index (χ1) is 9.24. The number of aryl methyl sites for hydroxylation is 2. The van der Waals surface area contributed by atoms with Gasteiger partial charge >= 0.3 is 0 Å². The van der Waals surface area contributed by atoms with Crippen LogP contribution in [0.3, 0.4) is 0 Å². The molecular formula is C15H21NO3. The summed E-state index contributed by atoms with van der Waals surface area (Å²) in [5.41, 5.74) is 2.74. The number of aliphatic hydroxyl groups is 1. The molecule has 1 aliphatic rings. The fourth-order valence-electron chi connectivity index (χ4n) is 2.45. The molecule has 0 spiro atoms. The average Bonchev–Trinajstić information content (AvgIpc) is 2.89. The van der Waals surface area contributed by atoms with Crippen molar-refractivity contribution < 1.29 is 14.6 Å². The van der Waals surface area contributed by atoms with Crippen LogP contribution in [-0.4, -0.2) is 42.2 Å². The van der Waals surface area contributed by atoms with Gasteiger partial charge in [-0.1, -0.05) is 6.07 Å². The summed E-state index contributed by atoms with van der Waals surface area (Å²) in [6.07, 6.45) is 3.46. The van der Waals surface area contributed by atoms with E-state index in [1.165, 1.54) is 17.5 Å². The highest BCUT2D eigenvalue weighted by molar-refractivity contribution is 5.77. The van der Waals surface area contributed by atoms with Crippen LogP contribution in [-0.2, 0) is 17.6 Å². The van der Waals surface area contributed by atoms with Crippen LogP contribution >= 0.6 is 0 Å². The van der Waals surface area contributed by atoms with Crippen molar-refractivity contribution in [2.24, 2.45) is 0 Å². The number of ether oxygens (including phenoxy) is 1. The van der Waals surface area contributed by atoms with Gasteiger partial charge in [-0.3, -0.25) is 4.79 Å². The maximum atomic E-state index is 11.9. The van der Waals surface area contributed by atoms with E-state index in [1.54, 1.807) is 4.90 Å². The minimum atomic E-state index is -0.0861. The van der Waals surface area contributed by atoms with Gasteiger partial charge in [-0.05, 0) is 49.4 Å². The monoisotopic (exact) mass is 263 g/mol. The average molecular weight is 263 g/mol. The minimum absolute atomic E-state index is 0.0155.